The molecular weight excluding hydrogens is 397 g/mol. The topological polar surface area (TPSA) is 86.1 Å². The minimum atomic E-state index is -4.44. The van der Waals surface area contributed by atoms with E-state index in [-0.39, 0.29) is 23.1 Å². The fourth-order valence-corrected chi connectivity index (χ4v) is 4.37. The molecule has 0 aromatic carbocycles. The quantitative estimate of drug-likeness (QED) is 0.807. The van der Waals surface area contributed by atoms with Crippen LogP contribution >= 0.6 is 0 Å². The molecule has 1 fully saturated rings. The Bertz CT molecular complexity index is 899. The van der Waals surface area contributed by atoms with Gasteiger partial charge in [0.2, 0.25) is 5.88 Å². The average Bonchev–Trinajstić information content (AvgIpc) is 2.96. The van der Waals surface area contributed by atoms with E-state index in [2.05, 4.69) is 14.7 Å². The fraction of sp³-hybridized carbons (Fsp3) is 0.529. The Morgan fingerprint density at radius 2 is 1.89 bits per heavy atom. The highest BCUT2D eigenvalue weighted by molar-refractivity contribution is 7.89. The molecule has 1 aliphatic carbocycles. The summed E-state index contributed by atoms with van der Waals surface area (Å²) in [5, 5.41) is -0.0140. The van der Waals surface area contributed by atoms with Crippen molar-refractivity contribution in [1.82, 2.24) is 19.3 Å². The van der Waals surface area contributed by atoms with Gasteiger partial charge in [0, 0.05) is 31.5 Å². The molecule has 2 aromatic rings. The summed E-state index contributed by atoms with van der Waals surface area (Å²) in [6, 6.07) is 1.88. The first-order valence-corrected chi connectivity index (χ1v) is 10.2. The maximum absolute atomic E-state index is 12.6. The number of sulfonamides is 1. The smallest absolute Gasteiger partial charge is 0.417 e. The zero-order chi connectivity index (χ0) is 20.5. The van der Waals surface area contributed by atoms with E-state index < -0.39 is 21.8 Å². The molecular formula is C17H21F3N4O3S. The Morgan fingerprint density at radius 3 is 2.39 bits per heavy atom. The fourth-order valence-electron chi connectivity index (χ4n) is 3.02. The second kappa shape index (κ2) is 7.70. The number of nitrogens with zero attached hydrogens (tertiary/aromatic N) is 3. The first-order chi connectivity index (χ1) is 13.0. The number of nitrogens with one attached hydrogen (secondary N) is 1. The summed E-state index contributed by atoms with van der Waals surface area (Å²) in [6.07, 6.45) is -0.220. The number of aryl methyl sites for hydroxylation is 2. The summed E-state index contributed by atoms with van der Waals surface area (Å²) in [5.41, 5.74) is -0.831. The average molecular weight is 418 g/mol. The predicted molar refractivity (Wildman–Crippen MR) is 94.2 cm³/mol. The van der Waals surface area contributed by atoms with E-state index in [1.807, 2.05) is 0 Å². The Labute approximate surface area is 161 Å². The molecule has 0 aliphatic heterocycles. The van der Waals surface area contributed by atoms with Crippen LogP contribution in [0.1, 0.15) is 37.1 Å². The second-order valence-corrected chi connectivity index (χ2v) is 8.49. The van der Waals surface area contributed by atoms with Crippen molar-refractivity contribution in [2.24, 2.45) is 7.05 Å². The van der Waals surface area contributed by atoms with Crippen LogP contribution in [0.15, 0.2) is 29.6 Å². The van der Waals surface area contributed by atoms with Crippen LogP contribution in [-0.4, -0.2) is 35.1 Å². The minimum Gasteiger partial charge on any atom is -0.474 e. The Morgan fingerprint density at radius 1 is 1.21 bits per heavy atom. The van der Waals surface area contributed by atoms with Gasteiger partial charge in [-0.1, -0.05) is 0 Å². The molecule has 154 valence electrons. The number of hydrogen-bond acceptors (Lipinski definition) is 5. The maximum Gasteiger partial charge on any atom is 0.417 e. The molecule has 3 rings (SSSR count). The molecule has 0 radical (unpaired) electrons. The van der Waals surface area contributed by atoms with Gasteiger partial charge in [-0.05, 0) is 38.7 Å². The highest BCUT2D eigenvalue weighted by Gasteiger charge is 2.31. The van der Waals surface area contributed by atoms with Crippen LogP contribution in [0.25, 0.3) is 0 Å². The van der Waals surface area contributed by atoms with Gasteiger partial charge in [-0.15, -0.1) is 0 Å². The van der Waals surface area contributed by atoms with E-state index in [1.165, 1.54) is 12.3 Å². The highest BCUT2D eigenvalue weighted by atomic mass is 32.2. The zero-order valence-corrected chi connectivity index (χ0v) is 16.2. The molecule has 1 N–H and O–H groups in total. The van der Waals surface area contributed by atoms with Gasteiger partial charge in [0.25, 0.3) is 10.0 Å². The summed E-state index contributed by atoms with van der Waals surface area (Å²) in [6.45, 7) is 1.72. The molecule has 11 heteroatoms. The van der Waals surface area contributed by atoms with Crippen molar-refractivity contribution in [2.45, 2.75) is 56.0 Å². The maximum atomic E-state index is 12.6. The molecule has 1 aliphatic rings. The number of aromatic nitrogens is 3. The molecule has 2 aromatic heterocycles. The predicted octanol–water partition coefficient (Wildman–Crippen LogP) is 2.81. The van der Waals surface area contributed by atoms with Crippen molar-refractivity contribution in [3.63, 3.8) is 0 Å². The summed E-state index contributed by atoms with van der Waals surface area (Å²) in [7, 11) is -1.98. The standard InChI is InChI=1S/C17H21F3N4O3S/c1-11-22-16(10-24(11)2)28(25,26)23-13-4-6-14(7-5-13)27-15-8-3-12(9-21-15)17(18,19)20/h3,8-10,13-14,23H,4-7H2,1-2H3. The van der Waals surface area contributed by atoms with Crippen molar-refractivity contribution < 1.29 is 26.3 Å². The molecule has 0 unspecified atom stereocenters. The summed E-state index contributed by atoms with van der Waals surface area (Å²) < 4.78 is 72.5. The number of rotatable bonds is 5. The first kappa shape index (κ1) is 20.6. The number of imidazole rings is 1. The van der Waals surface area contributed by atoms with Crippen LogP contribution in [0.5, 0.6) is 5.88 Å². The van der Waals surface area contributed by atoms with Gasteiger partial charge in [0.05, 0.1) is 5.56 Å². The lowest BCUT2D eigenvalue weighted by Crippen LogP contribution is -2.39. The van der Waals surface area contributed by atoms with E-state index in [0.29, 0.717) is 31.5 Å². The largest absolute Gasteiger partial charge is 0.474 e. The van der Waals surface area contributed by atoms with Gasteiger partial charge in [-0.2, -0.15) is 13.2 Å². The van der Waals surface area contributed by atoms with Gasteiger partial charge >= 0.3 is 6.18 Å². The second-order valence-electron chi connectivity index (χ2n) is 6.83. The minimum absolute atomic E-state index is 0.0140. The van der Waals surface area contributed by atoms with Gasteiger partial charge in [0.1, 0.15) is 11.9 Å². The molecule has 0 saturated heterocycles. The third-order valence-corrected chi connectivity index (χ3v) is 6.10. The molecule has 28 heavy (non-hydrogen) atoms. The zero-order valence-electron chi connectivity index (χ0n) is 15.4. The molecule has 0 spiro atoms. The normalized spacial score (nSPS) is 20.9. The Balaban J connectivity index is 1.53. The van der Waals surface area contributed by atoms with Crippen LogP contribution < -0.4 is 9.46 Å². The van der Waals surface area contributed by atoms with Crippen molar-refractivity contribution in [3.05, 3.63) is 35.9 Å². The summed E-state index contributed by atoms with van der Waals surface area (Å²) in [4.78, 5) is 7.75. The lowest BCUT2D eigenvalue weighted by molar-refractivity contribution is -0.137. The van der Waals surface area contributed by atoms with Crippen molar-refractivity contribution in [2.75, 3.05) is 0 Å². The molecule has 1 saturated carbocycles. The van der Waals surface area contributed by atoms with Crippen LogP contribution in [0.4, 0.5) is 13.2 Å². The number of pyridine rings is 1. The van der Waals surface area contributed by atoms with Crippen LogP contribution in [0, 0.1) is 6.92 Å². The van der Waals surface area contributed by atoms with E-state index >= 15 is 0 Å². The van der Waals surface area contributed by atoms with Gasteiger partial charge < -0.3 is 9.30 Å². The van der Waals surface area contributed by atoms with Crippen molar-refractivity contribution >= 4 is 10.0 Å². The van der Waals surface area contributed by atoms with Crippen LogP contribution in [0.3, 0.4) is 0 Å². The lowest BCUT2D eigenvalue weighted by Gasteiger charge is -2.28. The van der Waals surface area contributed by atoms with Gasteiger partial charge in [-0.3, -0.25) is 0 Å². The molecule has 0 bridgehead atoms. The molecule has 2 heterocycles. The van der Waals surface area contributed by atoms with E-state index in [1.54, 1.807) is 18.5 Å². The van der Waals surface area contributed by atoms with Crippen molar-refractivity contribution in [1.29, 1.82) is 0 Å². The third-order valence-electron chi connectivity index (χ3n) is 4.71. The number of halogens is 3. The number of hydrogen-bond donors (Lipinski definition) is 1. The molecule has 7 nitrogen and oxygen atoms in total. The van der Waals surface area contributed by atoms with E-state index in [9.17, 15) is 21.6 Å². The summed E-state index contributed by atoms with van der Waals surface area (Å²) in [5.74, 6) is 0.725. The molecule has 0 atom stereocenters. The number of alkyl halides is 3. The SMILES string of the molecule is Cc1nc(S(=O)(=O)NC2CCC(Oc3ccc(C(F)(F)F)cn3)CC2)cn1C. The first-order valence-electron chi connectivity index (χ1n) is 8.77. The van der Waals surface area contributed by atoms with Crippen LogP contribution in [0.2, 0.25) is 0 Å². The van der Waals surface area contributed by atoms with E-state index in [4.69, 9.17) is 4.74 Å². The Kier molecular flexibility index (Phi) is 5.67. The monoisotopic (exact) mass is 418 g/mol. The van der Waals surface area contributed by atoms with E-state index in [0.717, 1.165) is 12.3 Å². The highest BCUT2D eigenvalue weighted by Crippen LogP contribution is 2.30. The number of ether oxygens (including phenoxy) is 1. The van der Waals surface area contributed by atoms with Crippen molar-refractivity contribution in [3.8, 4) is 5.88 Å². The third kappa shape index (κ3) is 4.82. The lowest BCUT2D eigenvalue weighted by atomic mass is 9.94. The van der Waals surface area contributed by atoms with Gasteiger partial charge in [-0.25, -0.2) is 23.1 Å². The summed E-state index contributed by atoms with van der Waals surface area (Å²) >= 11 is 0. The molecule has 0 amide bonds. The van der Waals surface area contributed by atoms with Crippen LogP contribution in [-0.2, 0) is 23.2 Å². The van der Waals surface area contributed by atoms with Gasteiger partial charge in [0.15, 0.2) is 5.03 Å². The Hall–Kier alpha value is -2.14.